The lowest BCUT2D eigenvalue weighted by Crippen LogP contribution is -2.35. The molecule has 5 heteroatoms. The van der Waals surface area contributed by atoms with Crippen LogP contribution in [0.5, 0.6) is 0 Å². The van der Waals surface area contributed by atoms with Crippen molar-refractivity contribution in [2.24, 2.45) is 5.73 Å². The van der Waals surface area contributed by atoms with E-state index in [2.05, 4.69) is 4.74 Å². The van der Waals surface area contributed by atoms with Gasteiger partial charge < -0.3 is 10.5 Å². The van der Waals surface area contributed by atoms with Gasteiger partial charge in [0.25, 0.3) is 0 Å². The molecule has 0 saturated heterocycles. The van der Waals surface area contributed by atoms with E-state index in [1.165, 1.54) is 6.92 Å². The zero-order valence-corrected chi connectivity index (χ0v) is 6.99. The average molecular weight is 173 g/mol. The summed E-state index contributed by atoms with van der Waals surface area (Å²) in [5, 5.41) is 0. The van der Waals surface area contributed by atoms with Crippen molar-refractivity contribution in [3.63, 3.8) is 0 Å². The van der Waals surface area contributed by atoms with Gasteiger partial charge in [0, 0.05) is 6.92 Å². The Labute approximate surface area is 69.9 Å². The predicted molar refractivity (Wildman–Crippen MR) is 40.3 cm³/mol. The number of esters is 1. The maximum absolute atomic E-state index is 10.5. The molecular weight excluding hydrogens is 162 g/mol. The summed E-state index contributed by atoms with van der Waals surface area (Å²) in [5.74, 6) is -1.95. The average Bonchev–Trinajstić information content (AvgIpc) is 1.98. The van der Waals surface area contributed by atoms with E-state index in [1.807, 2.05) is 0 Å². The van der Waals surface area contributed by atoms with Crippen molar-refractivity contribution in [1.29, 1.82) is 0 Å². The van der Waals surface area contributed by atoms with Gasteiger partial charge >= 0.3 is 5.97 Å². The molecule has 0 aliphatic rings. The Morgan fingerprint density at radius 2 is 1.83 bits per heavy atom. The fourth-order valence-corrected chi connectivity index (χ4v) is 0.384. The molecule has 0 rings (SSSR count). The molecule has 68 valence electrons. The number of ketones is 2. The standard InChI is InChI=1S/C7H11NO4/c1-4(9)6(8)3-12-7(11)5(2)10/h6H,3,8H2,1-2H3. The van der Waals surface area contributed by atoms with Crippen molar-refractivity contribution in [2.75, 3.05) is 6.61 Å². The maximum Gasteiger partial charge on any atom is 0.374 e. The van der Waals surface area contributed by atoms with Gasteiger partial charge in [0.15, 0.2) is 0 Å². The molecule has 0 saturated carbocycles. The van der Waals surface area contributed by atoms with Crippen molar-refractivity contribution in [3.8, 4) is 0 Å². The van der Waals surface area contributed by atoms with Gasteiger partial charge in [-0.25, -0.2) is 4.79 Å². The van der Waals surface area contributed by atoms with Crippen LogP contribution in [0.15, 0.2) is 0 Å². The van der Waals surface area contributed by atoms with Gasteiger partial charge in [-0.3, -0.25) is 9.59 Å². The highest BCUT2D eigenvalue weighted by Crippen LogP contribution is 1.86. The molecule has 0 spiro atoms. The summed E-state index contributed by atoms with van der Waals surface area (Å²) in [7, 11) is 0. The largest absolute Gasteiger partial charge is 0.458 e. The quantitative estimate of drug-likeness (QED) is 0.437. The number of carbonyl (C=O) groups excluding carboxylic acids is 3. The molecular formula is C7H11NO4. The molecule has 2 N–H and O–H groups in total. The van der Waals surface area contributed by atoms with Crippen LogP contribution in [0.25, 0.3) is 0 Å². The molecule has 0 fully saturated rings. The number of ether oxygens (including phenoxy) is 1. The van der Waals surface area contributed by atoms with E-state index < -0.39 is 17.8 Å². The van der Waals surface area contributed by atoms with Gasteiger partial charge in [-0.15, -0.1) is 0 Å². The third-order valence-corrected chi connectivity index (χ3v) is 1.20. The van der Waals surface area contributed by atoms with E-state index in [4.69, 9.17) is 5.73 Å². The highest BCUT2D eigenvalue weighted by atomic mass is 16.5. The van der Waals surface area contributed by atoms with Crippen LogP contribution < -0.4 is 5.73 Å². The van der Waals surface area contributed by atoms with Crippen molar-refractivity contribution in [1.82, 2.24) is 0 Å². The summed E-state index contributed by atoms with van der Waals surface area (Å²) in [6.45, 7) is 2.13. The lowest BCUT2D eigenvalue weighted by molar-refractivity contribution is -0.153. The fourth-order valence-electron chi connectivity index (χ4n) is 0.384. The Morgan fingerprint density at radius 1 is 1.33 bits per heavy atom. The van der Waals surface area contributed by atoms with E-state index in [9.17, 15) is 14.4 Å². The van der Waals surface area contributed by atoms with E-state index in [0.717, 1.165) is 6.92 Å². The van der Waals surface area contributed by atoms with E-state index in [0.29, 0.717) is 0 Å². The van der Waals surface area contributed by atoms with Gasteiger partial charge in [0.1, 0.15) is 12.4 Å². The Morgan fingerprint density at radius 3 is 2.17 bits per heavy atom. The molecule has 5 nitrogen and oxygen atoms in total. The minimum atomic E-state index is -0.966. The SMILES string of the molecule is CC(=O)C(=O)OCC(N)C(C)=O. The fraction of sp³-hybridized carbons (Fsp3) is 0.571. The lowest BCUT2D eigenvalue weighted by Gasteiger charge is -2.06. The van der Waals surface area contributed by atoms with Gasteiger partial charge in [-0.2, -0.15) is 0 Å². The molecule has 1 atom stereocenters. The third-order valence-electron chi connectivity index (χ3n) is 1.20. The summed E-state index contributed by atoms with van der Waals surface area (Å²) in [4.78, 5) is 31.4. The van der Waals surface area contributed by atoms with Crippen molar-refractivity contribution in [2.45, 2.75) is 19.9 Å². The second-order valence-corrected chi connectivity index (χ2v) is 2.37. The number of hydrogen-bond donors (Lipinski definition) is 1. The molecule has 0 aliphatic carbocycles. The summed E-state index contributed by atoms with van der Waals surface area (Å²) >= 11 is 0. The summed E-state index contributed by atoms with van der Waals surface area (Å²) in [5.41, 5.74) is 5.23. The highest BCUT2D eigenvalue weighted by molar-refractivity contribution is 6.32. The van der Waals surface area contributed by atoms with Gasteiger partial charge in [-0.1, -0.05) is 0 Å². The third kappa shape index (κ3) is 3.82. The molecule has 0 heterocycles. The van der Waals surface area contributed by atoms with Crippen LogP contribution in [0.2, 0.25) is 0 Å². The molecule has 0 aromatic rings. The molecule has 0 aliphatic heterocycles. The van der Waals surface area contributed by atoms with Crippen LogP contribution in [0, 0.1) is 0 Å². The second kappa shape index (κ2) is 4.61. The molecule has 0 amide bonds. The number of hydrogen-bond acceptors (Lipinski definition) is 5. The minimum Gasteiger partial charge on any atom is -0.458 e. The van der Waals surface area contributed by atoms with Crippen molar-refractivity contribution >= 4 is 17.5 Å². The highest BCUT2D eigenvalue weighted by Gasteiger charge is 2.13. The topological polar surface area (TPSA) is 86.5 Å². The molecule has 0 radical (unpaired) electrons. The summed E-state index contributed by atoms with van der Waals surface area (Å²) in [6.07, 6.45) is 0. The van der Waals surface area contributed by atoms with Gasteiger partial charge in [0.05, 0.1) is 6.04 Å². The second-order valence-electron chi connectivity index (χ2n) is 2.37. The molecule has 1 unspecified atom stereocenters. The first-order chi connectivity index (χ1) is 5.45. The molecule has 12 heavy (non-hydrogen) atoms. The number of Topliss-reactive ketones (excluding diaryl/α,β-unsaturated/α-hetero) is 2. The molecule has 0 aromatic carbocycles. The van der Waals surface area contributed by atoms with E-state index in [-0.39, 0.29) is 12.4 Å². The van der Waals surface area contributed by atoms with Gasteiger partial charge in [-0.05, 0) is 6.92 Å². The smallest absolute Gasteiger partial charge is 0.374 e. The monoisotopic (exact) mass is 173 g/mol. The Bertz CT molecular complexity index is 211. The van der Waals surface area contributed by atoms with Crippen LogP contribution in [0.1, 0.15) is 13.8 Å². The number of carbonyl (C=O) groups is 3. The maximum atomic E-state index is 10.5. The lowest BCUT2D eigenvalue weighted by atomic mass is 10.2. The van der Waals surface area contributed by atoms with Crippen LogP contribution in [0.3, 0.4) is 0 Å². The minimum absolute atomic E-state index is 0.242. The number of nitrogens with two attached hydrogens (primary N) is 1. The van der Waals surface area contributed by atoms with Crippen LogP contribution >= 0.6 is 0 Å². The first-order valence-corrected chi connectivity index (χ1v) is 3.39. The first kappa shape index (κ1) is 10.8. The summed E-state index contributed by atoms with van der Waals surface area (Å²) in [6, 6.07) is -0.840. The summed E-state index contributed by atoms with van der Waals surface area (Å²) < 4.78 is 4.39. The van der Waals surface area contributed by atoms with Crippen molar-refractivity contribution < 1.29 is 19.1 Å². The van der Waals surface area contributed by atoms with E-state index >= 15 is 0 Å². The number of rotatable bonds is 4. The Hall–Kier alpha value is -1.23. The molecule has 0 bridgehead atoms. The zero-order valence-electron chi connectivity index (χ0n) is 6.99. The van der Waals surface area contributed by atoms with Crippen LogP contribution in [-0.4, -0.2) is 30.2 Å². The first-order valence-electron chi connectivity index (χ1n) is 3.39. The van der Waals surface area contributed by atoms with E-state index in [1.54, 1.807) is 0 Å². The van der Waals surface area contributed by atoms with Gasteiger partial charge in [0.2, 0.25) is 5.78 Å². The molecule has 0 aromatic heterocycles. The Kier molecular flexibility index (Phi) is 4.14. The van der Waals surface area contributed by atoms with Crippen LogP contribution in [0.4, 0.5) is 0 Å². The normalized spacial score (nSPS) is 11.9. The van der Waals surface area contributed by atoms with Crippen LogP contribution in [-0.2, 0) is 19.1 Å². The van der Waals surface area contributed by atoms with Crippen molar-refractivity contribution in [3.05, 3.63) is 0 Å². The predicted octanol–water partition coefficient (Wildman–Crippen LogP) is -0.965. The Balaban J connectivity index is 3.76. The zero-order chi connectivity index (χ0) is 9.72.